The molecule has 4 aromatic rings. The maximum Gasteiger partial charge on any atom is 0.573 e. The largest absolute Gasteiger partial charge is 0.573 e. The van der Waals surface area contributed by atoms with E-state index in [4.69, 9.17) is 13.7 Å². The minimum absolute atomic E-state index is 0.0638. The number of aromatic nitrogens is 3. The van der Waals surface area contributed by atoms with Gasteiger partial charge in [-0.3, -0.25) is 4.79 Å². The number of carbonyl (C=O) groups excluding carboxylic acids is 1. The van der Waals surface area contributed by atoms with Crippen LogP contribution in [0.5, 0.6) is 5.75 Å². The summed E-state index contributed by atoms with van der Waals surface area (Å²) in [6.45, 7) is 2.04. The zero-order valence-electron chi connectivity index (χ0n) is 23.3. The van der Waals surface area contributed by atoms with E-state index in [0.717, 1.165) is 55.9 Å². The lowest BCUT2D eigenvalue weighted by molar-refractivity contribution is -0.274. The number of alkyl halides is 3. The van der Waals surface area contributed by atoms with Crippen LogP contribution in [-0.2, 0) is 11.3 Å². The SMILES string of the molecule is Cc1cc(-c2nnc(N3C4CCC3CC(OCc3c(-c5ccccc5OC(F)(F)F)noc3C3CC3)C4)o2)ccc1C=O. The van der Waals surface area contributed by atoms with Crippen LogP contribution < -0.4 is 9.64 Å². The Bertz CT molecular complexity index is 1630. The van der Waals surface area contributed by atoms with E-state index in [9.17, 15) is 18.0 Å². The Morgan fingerprint density at radius 3 is 2.51 bits per heavy atom. The molecule has 2 aromatic carbocycles. The number of piperidine rings is 1. The Morgan fingerprint density at radius 2 is 1.81 bits per heavy atom. The molecular weight excluding hydrogens is 565 g/mol. The predicted molar refractivity (Wildman–Crippen MR) is 148 cm³/mol. The van der Waals surface area contributed by atoms with Crippen LogP contribution in [0.25, 0.3) is 22.7 Å². The second kappa shape index (κ2) is 10.8. The van der Waals surface area contributed by atoms with Crippen LogP contribution in [0.4, 0.5) is 19.2 Å². The van der Waals surface area contributed by atoms with E-state index in [-0.39, 0.29) is 42.0 Å². The summed E-state index contributed by atoms with van der Waals surface area (Å²) >= 11 is 0. The number of carbonyl (C=O) groups is 1. The zero-order chi connectivity index (χ0) is 29.7. The molecule has 3 aliphatic rings. The highest BCUT2D eigenvalue weighted by Gasteiger charge is 2.44. The number of fused-ring (bicyclic) bond motifs is 2. The molecule has 1 saturated carbocycles. The Balaban J connectivity index is 1.07. The van der Waals surface area contributed by atoms with E-state index in [1.165, 1.54) is 12.1 Å². The molecule has 9 nitrogen and oxygen atoms in total. The molecule has 2 bridgehead atoms. The van der Waals surface area contributed by atoms with Crippen LogP contribution in [0.15, 0.2) is 51.4 Å². The average Bonchev–Trinajstić information content (AvgIpc) is 3.44. The van der Waals surface area contributed by atoms with Gasteiger partial charge in [0.1, 0.15) is 23.5 Å². The number of ether oxygens (including phenoxy) is 2. The number of benzene rings is 2. The van der Waals surface area contributed by atoms with Crippen molar-refractivity contribution in [1.82, 2.24) is 15.4 Å². The molecule has 2 unspecified atom stereocenters. The lowest BCUT2D eigenvalue weighted by Gasteiger charge is -2.37. The van der Waals surface area contributed by atoms with Crippen molar-refractivity contribution in [1.29, 1.82) is 0 Å². The van der Waals surface area contributed by atoms with Gasteiger partial charge in [-0.05, 0) is 75.3 Å². The second-order valence-corrected chi connectivity index (χ2v) is 11.5. The van der Waals surface area contributed by atoms with Crippen molar-refractivity contribution in [2.75, 3.05) is 4.90 Å². The van der Waals surface area contributed by atoms with Gasteiger partial charge >= 0.3 is 12.4 Å². The lowest BCUT2D eigenvalue weighted by atomic mass is 9.99. The fourth-order valence-corrected chi connectivity index (χ4v) is 6.37. The molecule has 2 saturated heterocycles. The van der Waals surface area contributed by atoms with Gasteiger partial charge in [0.2, 0.25) is 5.89 Å². The molecule has 1 aliphatic carbocycles. The van der Waals surface area contributed by atoms with Gasteiger partial charge in [-0.2, -0.15) is 0 Å². The molecule has 2 aliphatic heterocycles. The fraction of sp³-hybridized carbons (Fsp3) is 0.419. The number of halogens is 3. The molecule has 2 atom stereocenters. The van der Waals surface area contributed by atoms with Gasteiger partial charge in [0, 0.05) is 40.3 Å². The molecule has 0 amide bonds. The highest BCUT2D eigenvalue weighted by atomic mass is 19.4. The molecule has 43 heavy (non-hydrogen) atoms. The van der Waals surface area contributed by atoms with Gasteiger partial charge < -0.3 is 23.3 Å². The van der Waals surface area contributed by atoms with E-state index >= 15 is 0 Å². The lowest BCUT2D eigenvalue weighted by Crippen LogP contribution is -2.45. The monoisotopic (exact) mass is 594 g/mol. The van der Waals surface area contributed by atoms with Crippen LogP contribution in [-0.4, -0.2) is 46.2 Å². The first kappa shape index (κ1) is 27.6. The van der Waals surface area contributed by atoms with E-state index in [0.29, 0.717) is 34.5 Å². The number of hydrogen-bond acceptors (Lipinski definition) is 9. The molecule has 3 fully saturated rings. The van der Waals surface area contributed by atoms with Crippen molar-refractivity contribution in [3.05, 3.63) is 64.9 Å². The molecule has 7 rings (SSSR count). The average molecular weight is 595 g/mol. The number of anilines is 1. The second-order valence-electron chi connectivity index (χ2n) is 11.5. The summed E-state index contributed by atoms with van der Waals surface area (Å²) < 4.78 is 61.8. The molecule has 2 aromatic heterocycles. The summed E-state index contributed by atoms with van der Waals surface area (Å²) in [5, 5.41) is 12.8. The topological polar surface area (TPSA) is 104 Å². The molecule has 0 spiro atoms. The Kier molecular flexibility index (Phi) is 6.95. The Hall–Kier alpha value is -4.19. The van der Waals surface area contributed by atoms with Crippen molar-refractivity contribution in [2.24, 2.45) is 0 Å². The van der Waals surface area contributed by atoms with Crippen molar-refractivity contribution in [3.8, 4) is 28.5 Å². The van der Waals surface area contributed by atoms with Gasteiger partial charge in [-0.25, -0.2) is 0 Å². The molecule has 0 N–H and O–H groups in total. The van der Waals surface area contributed by atoms with Crippen LogP contribution in [0.2, 0.25) is 0 Å². The Morgan fingerprint density at radius 1 is 1.05 bits per heavy atom. The summed E-state index contributed by atoms with van der Waals surface area (Å²) in [5.74, 6) is 0.938. The normalized spacial score (nSPS) is 21.8. The minimum Gasteiger partial charge on any atom is -0.405 e. The molecule has 12 heteroatoms. The van der Waals surface area contributed by atoms with E-state index < -0.39 is 6.36 Å². The number of aryl methyl sites for hydroxylation is 1. The van der Waals surface area contributed by atoms with Gasteiger partial charge in [0.05, 0.1) is 12.7 Å². The maximum atomic E-state index is 13.1. The highest BCUT2D eigenvalue weighted by molar-refractivity contribution is 5.78. The fourth-order valence-electron chi connectivity index (χ4n) is 6.37. The van der Waals surface area contributed by atoms with Gasteiger partial charge in [-0.1, -0.05) is 28.5 Å². The number of rotatable bonds is 9. The molecular formula is C31H29F3N4O5. The highest BCUT2D eigenvalue weighted by Crippen LogP contribution is 2.46. The molecule has 4 heterocycles. The van der Waals surface area contributed by atoms with Crippen molar-refractivity contribution < 1.29 is 36.4 Å². The molecule has 0 radical (unpaired) electrons. The molecule has 224 valence electrons. The quantitative estimate of drug-likeness (QED) is 0.189. The first-order valence-corrected chi connectivity index (χ1v) is 14.4. The van der Waals surface area contributed by atoms with Crippen molar-refractivity contribution in [2.45, 2.75) is 82.5 Å². The van der Waals surface area contributed by atoms with Crippen LogP contribution >= 0.6 is 0 Å². The van der Waals surface area contributed by atoms with Crippen LogP contribution in [0.1, 0.15) is 71.7 Å². The smallest absolute Gasteiger partial charge is 0.405 e. The maximum absolute atomic E-state index is 13.1. The van der Waals surface area contributed by atoms with Crippen molar-refractivity contribution in [3.63, 3.8) is 0 Å². The summed E-state index contributed by atoms with van der Waals surface area (Å²) in [5.41, 5.74) is 3.41. The summed E-state index contributed by atoms with van der Waals surface area (Å²) in [4.78, 5) is 13.4. The third kappa shape index (κ3) is 5.51. The zero-order valence-corrected chi connectivity index (χ0v) is 23.3. The van der Waals surface area contributed by atoms with E-state index in [1.807, 2.05) is 13.0 Å². The first-order chi connectivity index (χ1) is 20.8. The minimum atomic E-state index is -4.83. The summed E-state index contributed by atoms with van der Waals surface area (Å²) in [7, 11) is 0. The number of aldehydes is 1. The third-order valence-electron chi connectivity index (χ3n) is 8.57. The van der Waals surface area contributed by atoms with Gasteiger partial charge in [-0.15, -0.1) is 18.3 Å². The summed E-state index contributed by atoms with van der Waals surface area (Å²) in [6, 6.07) is 12.1. The standard InChI is InChI=1S/C31H29F3N4O5/c1-17-12-19(8-9-20(17)15-39)29-35-36-30(41-29)38-21-10-11-22(38)14-23(13-21)40-16-25-27(37-43-28(25)18-6-7-18)24-4-2-3-5-26(24)42-31(32,33)34/h2-5,8-9,12,15,18,21-23H,6-7,10-11,13-14,16H2,1H3. The third-order valence-corrected chi connectivity index (χ3v) is 8.57. The summed E-state index contributed by atoms with van der Waals surface area (Å²) in [6.07, 6.45) is 1.22. The van der Waals surface area contributed by atoms with Crippen molar-refractivity contribution >= 4 is 12.3 Å². The van der Waals surface area contributed by atoms with Crippen LogP contribution in [0.3, 0.4) is 0 Å². The van der Waals surface area contributed by atoms with Gasteiger partial charge in [0.15, 0.2) is 0 Å². The predicted octanol–water partition coefficient (Wildman–Crippen LogP) is 7.01. The number of hydrogen-bond donors (Lipinski definition) is 0. The Labute approximate surface area is 245 Å². The van der Waals surface area contributed by atoms with E-state index in [1.54, 1.807) is 24.3 Å². The van der Waals surface area contributed by atoms with Gasteiger partial charge in [0.25, 0.3) is 0 Å². The number of nitrogens with zero attached hydrogens (tertiary/aromatic N) is 4. The number of para-hydroxylation sites is 1. The first-order valence-electron chi connectivity index (χ1n) is 14.4. The van der Waals surface area contributed by atoms with Crippen LogP contribution in [0, 0.1) is 6.92 Å². The van der Waals surface area contributed by atoms with E-state index in [2.05, 4.69) is 25.0 Å².